The van der Waals surface area contributed by atoms with Crippen LogP contribution in [0.1, 0.15) is 0 Å². The van der Waals surface area contributed by atoms with E-state index in [9.17, 15) is 9.59 Å². The zero-order valence-corrected chi connectivity index (χ0v) is 7.86. The van der Waals surface area contributed by atoms with Crippen molar-refractivity contribution < 1.29 is 10.2 Å². The Labute approximate surface area is 83.4 Å². The van der Waals surface area contributed by atoms with Gasteiger partial charge in [0, 0.05) is 6.20 Å². The zero-order chi connectivity index (χ0) is 10.7. The SMILES string of the molecule is O=c1[nH]c(=O)n(C[C@H](O)CO)cc1Cl. The first kappa shape index (κ1) is 11.0. The van der Waals surface area contributed by atoms with Gasteiger partial charge in [0.05, 0.1) is 19.3 Å². The van der Waals surface area contributed by atoms with Gasteiger partial charge in [0.15, 0.2) is 0 Å². The van der Waals surface area contributed by atoms with E-state index in [2.05, 4.69) is 0 Å². The number of H-pyrrole nitrogens is 1. The van der Waals surface area contributed by atoms with Gasteiger partial charge in [-0.1, -0.05) is 11.6 Å². The van der Waals surface area contributed by atoms with Crippen molar-refractivity contribution in [2.24, 2.45) is 0 Å². The lowest BCUT2D eigenvalue weighted by Crippen LogP contribution is -2.33. The van der Waals surface area contributed by atoms with Crippen LogP contribution in [0.15, 0.2) is 15.8 Å². The van der Waals surface area contributed by atoms with Crippen molar-refractivity contribution in [3.05, 3.63) is 32.1 Å². The number of aromatic nitrogens is 2. The van der Waals surface area contributed by atoms with E-state index < -0.39 is 24.0 Å². The van der Waals surface area contributed by atoms with E-state index in [4.69, 9.17) is 21.8 Å². The highest BCUT2D eigenvalue weighted by atomic mass is 35.5. The van der Waals surface area contributed by atoms with Crippen LogP contribution in [0.25, 0.3) is 0 Å². The highest BCUT2D eigenvalue weighted by Gasteiger charge is 2.07. The molecule has 0 aliphatic heterocycles. The Morgan fingerprint density at radius 3 is 2.79 bits per heavy atom. The van der Waals surface area contributed by atoms with Gasteiger partial charge in [-0.05, 0) is 0 Å². The second kappa shape index (κ2) is 4.41. The average Bonchev–Trinajstić information content (AvgIpc) is 2.14. The molecule has 0 unspecified atom stereocenters. The van der Waals surface area contributed by atoms with Crippen molar-refractivity contribution in [2.75, 3.05) is 6.61 Å². The molecule has 0 aliphatic rings. The van der Waals surface area contributed by atoms with E-state index in [1.54, 1.807) is 0 Å². The summed E-state index contributed by atoms with van der Waals surface area (Å²) in [6.45, 7) is -0.588. The van der Waals surface area contributed by atoms with Gasteiger partial charge in [-0.2, -0.15) is 0 Å². The number of aliphatic hydroxyl groups excluding tert-OH is 2. The van der Waals surface area contributed by atoms with Crippen molar-refractivity contribution >= 4 is 11.6 Å². The number of nitrogens with one attached hydrogen (secondary N) is 1. The summed E-state index contributed by atoms with van der Waals surface area (Å²) in [7, 11) is 0. The monoisotopic (exact) mass is 220 g/mol. The van der Waals surface area contributed by atoms with Gasteiger partial charge in [0.25, 0.3) is 5.56 Å². The molecule has 0 amide bonds. The van der Waals surface area contributed by atoms with Gasteiger partial charge in [-0.15, -0.1) is 0 Å². The van der Waals surface area contributed by atoms with Crippen LogP contribution >= 0.6 is 11.6 Å². The molecule has 14 heavy (non-hydrogen) atoms. The molecule has 1 aromatic heterocycles. The molecule has 0 fully saturated rings. The Balaban J connectivity index is 3.04. The van der Waals surface area contributed by atoms with E-state index in [-0.39, 0.29) is 11.6 Å². The van der Waals surface area contributed by atoms with Gasteiger partial charge in [0.2, 0.25) is 0 Å². The predicted molar refractivity (Wildman–Crippen MR) is 49.4 cm³/mol. The Morgan fingerprint density at radius 1 is 1.57 bits per heavy atom. The van der Waals surface area contributed by atoms with Crippen molar-refractivity contribution in [2.45, 2.75) is 12.6 Å². The average molecular weight is 221 g/mol. The first-order valence-electron chi connectivity index (χ1n) is 3.82. The molecule has 0 saturated heterocycles. The standard InChI is InChI=1S/C7H9ClN2O4/c8-5-2-10(1-4(12)3-11)7(14)9-6(5)13/h2,4,11-12H,1,3H2,(H,9,13,14)/t4-/m0/s1. The molecule has 1 atom stereocenters. The minimum absolute atomic E-state index is 0.119. The molecule has 0 aromatic carbocycles. The molecule has 0 radical (unpaired) electrons. The molecular weight excluding hydrogens is 212 g/mol. The van der Waals surface area contributed by atoms with E-state index in [0.717, 1.165) is 10.8 Å². The van der Waals surface area contributed by atoms with Crippen molar-refractivity contribution in [1.29, 1.82) is 0 Å². The second-order valence-electron chi connectivity index (χ2n) is 2.73. The van der Waals surface area contributed by atoms with Crippen molar-refractivity contribution in [1.82, 2.24) is 9.55 Å². The summed E-state index contributed by atoms with van der Waals surface area (Å²) in [4.78, 5) is 23.9. The number of nitrogens with zero attached hydrogens (tertiary/aromatic N) is 1. The molecule has 78 valence electrons. The molecule has 1 heterocycles. The van der Waals surface area contributed by atoms with E-state index in [1.165, 1.54) is 0 Å². The normalized spacial score (nSPS) is 12.8. The Bertz CT molecular complexity index is 424. The van der Waals surface area contributed by atoms with E-state index in [0.29, 0.717) is 0 Å². The van der Waals surface area contributed by atoms with Crippen LogP contribution in [-0.4, -0.2) is 32.5 Å². The van der Waals surface area contributed by atoms with Gasteiger partial charge in [0.1, 0.15) is 5.02 Å². The Morgan fingerprint density at radius 2 is 2.21 bits per heavy atom. The molecule has 1 aromatic rings. The fourth-order valence-electron chi connectivity index (χ4n) is 0.903. The highest BCUT2D eigenvalue weighted by Crippen LogP contribution is 1.96. The molecule has 6 nitrogen and oxygen atoms in total. The fourth-order valence-corrected chi connectivity index (χ4v) is 1.07. The Hall–Kier alpha value is -1.11. The summed E-state index contributed by atoms with van der Waals surface area (Å²) in [5, 5.41) is 17.4. The molecule has 3 N–H and O–H groups in total. The first-order chi connectivity index (χ1) is 6.54. The predicted octanol–water partition coefficient (Wildman–Crippen LogP) is -1.46. The highest BCUT2D eigenvalue weighted by molar-refractivity contribution is 6.30. The summed E-state index contributed by atoms with van der Waals surface area (Å²) in [5.41, 5.74) is -1.35. The number of aromatic amines is 1. The third-order valence-corrected chi connectivity index (χ3v) is 1.85. The minimum atomic E-state index is -1.06. The van der Waals surface area contributed by atoms with Crippen LogP contribution in [0.3, 0.4) is 0 Å². The summed E-state index contributed by atoms with van der Waals surface area (Å²) >= 11 is 5.46. The zero-order valence-electron chi connectivity index (χ0n) is 7.11. The number of aliphatic hydroxyl groups is 2. The summed E-state index contributed by atoms with van der Waals surface area (Å²) in [6, 6.07) is 0. The van der Waals surface area contributed by atoms with Crippen LogP contribution in [0, 0.1) is 0 Å². The maximum absolute atomic E-state index is 11.1. The number of halogens is 1. The molecule has 7 heteroatoms. The maximum atomic E-state index is 11.1. The molecule has 1 rings (SSSR count). The number of rotatable bonds is 3. The topological polar surface area (TPSA) is 95.3 Å². The lowest BCUT2D eigenvalue weighted by molar-refractivity contribution is 0.0800. The third kappa shape index (κ3) is 2.44. The lowest BCUT2D eigenvalue weighted by atomic mass is 10.4. The minimum Gasteiger partial charge on any atom is -0.394 e. The molecular formula is C7H9ClN2O4. The van der Waals surface area contributed by atoms with Crippen LogP contribution < -0.4 is 11.2 Å². The van der Waals surface area contributed by atoms with Gasteiger partial charge >= 0.3 is 5.69 Å². The van der Waals surface area contributed by atoms with E-state index >= 15 is 0 Å². The summed E-state index contributed by atoms with van der Waals surface area (Å²) < 4.78 is 1.02. The summed E-state index contributed by atoms with van der Waals surface area (Å²) in [5.74, 6) is 0. The number of hydrogen-bond acceptors (Lipinski definition) is 4. The fraction of sp³-hybridized carbons (Fsp3) is 0.429. The maximum Gasteiger partial charge on any atom is 0.328 e. The van der Waals surface area contributed by atoms with E-state index in [1.807, 2.05) is 4.98 Å². The van der Waals surface area contributed by atoms with Crippen molar-refractivity contribution in [3.8, 4) is 0 Å². The van der Waals surface area contributed by atoms with Crippen LogP contribution in [0.2, 0.25) is 5.02 Å². The Kier molecular flexibility index (Phi) is 3.45. The molecule has 0 spiro atoms. The smallest absolute Gasteiger partial charge is 0.328 e. The van der Waals surface area contributed by atoms with Crippen LogP contribution in [-0.2, 0) is 6.54 Å². The van der Waals surface area contributed by atoms with Gasteiger partial charge < -0.3 is 10.2 Å². The quantitative estimate of drug-likeness (QED) is 0.580. The van der Waals surface area contributed by atoms with Crippen LogP contribution in [0.5, 0.6) is 0 Å². The first-order valence-corrected chi connectivity index (χ1v) is 4.20. The molecule has 0 aliphatic carbocycles. The summed E-state index contributed by atoms with van der Waals surface area (Å²) in [6.07, 6.45) is 0.0522. The van der Waals surface area contributed by atoms with Crippen molar-refractivity contribution in [3.63, 3.8) is 0 Å². The second-order valence-corrected chi connectivity index (χ2v) is 3.13. The molecule has 0 saturated carbocycles. The number of hydrogen-bond donors (Lipinski definition) is 3. The third-order valence-electron chi connectivity index (χ3n) is 1.59. The van der Waals surface area contributed by atoms with Crippen LogP contribution in [0.4, 0.5) is 0 Å². The van der Waals surface area contributed by atoms with Gasteiger partial charge in [-0.3, -0.25) is 14.3 Å². The molecule has 0 bridgehead atoms. The largest absolute Gasteiger partial charge is 0.394 e. The lowest BCUT2D eigenvalue weighted by Gasteiger charge is -2.08. The van der Waals surface area contributed by atoms with Gasteiger partial charge in [-0.25, -0.2) is 4.79 Å².